The van der Waals surface area contributed by atoms with Crippen molar-refractivity contribution in [1.82, 2.24) is 0 Å². The number of nitro groups is 1. The average Bonchev–Trinajstić information content (AvgIpc) is 2.64. The number of non-ortho nitro benzene ring substituents is 1. The van der Waals surface area contributed by atoms with Gasteiger partial charge in [0.25, 0.3) is 15.8 Å². The van der Waals surface area contributed by atoms with Crippen LogP contribution in [0.4, 0.5) is 5.69 Å². The molecule has 1 aromatic rings. The molecular formula is C18H21NO7S. The summed E-state index contributed by atoms with van der Waals surface area (Å²) < 4.78 is 36.1. The van der Waals surface area contributed by atoms with Gasteiger partial charge < -0.3 is 4.74 Å². The van der Waals surface area contributed by atoms with Crippen molar-refractivity contribution in [3.63, 3.8) is 0 Å². The summed E-state index contributed by atoms with van der Waals surface area (Å²) in [5, 5.41) is 10.8. The van der Waals surface area contributed by atoms with E-state index in [4.69, 9.17) is 8.92 Å². The van der Waals surface area contributed by atoms with Gasteiger partial charge in [-0.05, 0) is 55.6 Å². The number of carbonyl (C=O) groups is 1. The largest absolute Gasteiger partial charge is 0.469 e. The molecule has 1 aromatic carbocycles. The summed E-state index contributed by atoms with van der Waals surface area (Å²) in [4.78, 5) is 22.3. The third-order valence-corrected chi connectivity index (χ3v) is 7.71. The first-order valence-electron chi connectivity index (χ1n) is 9.05. The molecule has 0 aromatic heterocycles. The molecule has 5 rings (SSSR count). The normalized spacial score (nSPS) is 34.4. The fourth-order valence-corrected chi connectivity index (χ4v) is 6.62. The average molecular weight is 395 g/mol. The van der Waals surface area contributed by atoms with Crippen molar-refractivity contribution >= 4 is 21.8 Å². The van der Waals surface area contributed by atoms with Crippen molar-refractivity contribution in [3.8, 4) is 0 Å². The van der Waals surface area contributed by atoms with Gasteiger partial charge in [-0.3, -0.25) is 19.1 Å². The van der Waals surface area contributed by atoms with E-state index in [2.05, 4.69) is 0 Å². The fourth-order valence-electron chi connectivity index (χ4n) is 5.45. The van der Waals surface area contributed by atoms with Crippen molar-refractivity contribution < 1.29 is 27.1 Å². The summed E-state index contributed by atoms with van der Waals surface area (Å²) in [6.07, 6.45) is 2.90. The van der Waals surface area contributed by atoms with Gasteiger partial charge in [0, 0.05) is 18.1 Å². The lowest BCUT2D eigenvalue weighted by Gasteiger charge is -2.56. The van der Waals surface area contributed by atoms with E-state index in [9.17, 15) is 23.3 Å². The van der Waals surface area contributed by atoms with Crippen LogP contribution in [0.25, 0.3) is 0 Å². The summed E-state index contributed by atoms with van der Waals surface area (Å²) in [6.45, 7) is 0. The Morgan fingerprint density at radius 2 is 1.78 bits per heavy atom. The van der Waals surface area contributed by atoms with Crippen LogP contribution in [-0.2, 0) is 23.8 Å². The second-order valence-electron chi connectivity index (χ2n) is 7.81. The third kappa shape index (κ3) is 3.12. The van der Waals surface area contributed by atoms with Crippen LogP contribution >= 0.6 is 0 Å². The van der Waals surface area contributed by atoms with Crippen LogP contribution in [0, 0.1) is 39.7 Å². The van der Waals surface area contributed by atoms with E-state index in [0.29, 0.717) is 5.92 Å². The van der Waals surface area contributed by atoms with E-state index in [1.165, 1.54) is 19.2 Å². The highest BCUT2D eigenvalue weighted by Gasteiger charge is 2.57. The zero-order valence-corrected chi connectivity index (χ0v) is 15.6. The Kier molecular flexibility index (Phi) is 4.46. The number of esters is 1. The molecule has 0 N–H and O–H groups in total. The van der Waals surface area contributed by atoms with Gasteiger partial charge in [0.05, 0.1) is 29.0 Å². The highest BCUT2D eigenvalue weighted by Crippen LogP contribution is 2.58. The lowest BCUT2D eigenvalue weighted by atomic mass is 9.50. The Labute approximate surface area is 157 Å². The van der Waals surface area contributed by atoms with E-state index in [0.717, 1.165) is 37.8 Å². The first kappa shape index (κ1) is 18.4. The zero-order chi connectivity index (χ0) is 19.3. The molecule has 0 spiro atoms. The quantitative estimate of drug-likeness (QED) is 0.326. The van der Waals surface area contributed by atoms with Crippen LogP contribution in [0.5, 0.6) is 0 Å². The van der Waals surface area contributed by atoms with Crippen molar-refractivity contribution in [2.45, 2.75) is 36.7 Å². The summed E-state index contributed by atoms with van der Waals surface area (Å²) in [6, 6.07) is 4.65. The number of benzene rings is 1. The minimum Gasteiger partial charge on any atom is -0.469 e. The second kappa shape index (κ2) is 6.56. The number of rotatable bonds is 5. The molecule has 4 fully saturated rings. The number of carbonyl (C=O) groups excluding carboxylic acids is 1. The lowest BCUT2D eigenvalue weighted by molar-refractivity contribution is -0.384. The molecule has 0 amide bonds. The first-order chi connectivity index (χ1) is 12.8. The molecule has 9 heteroatoms. The monoisotopic (exact) mass is 395 g/mol. The maximum absolute atomic E-state index is 12.7. The molecule has 4 saturated carbocycles. The van der Waals surface area contributed by atoms with Gasteiger partial charge in [-0.1, -0.05) is 0 Å². The first-order valence-corrected chi connectivity index (χ1v) is 10.5. The van der Waals surface area contributed by atoms with Gasteiger partial charge in [-0.25, -0.2) is 0 Å². The van der Waals surface area contributed by atoms with Gasteiger partial charge >= 0.3 is 5.97 Å². The maximum Gasteiger partial charge on any atom is 0.309 e. The number of hydrogen-bond donors (Lipinski definition) is 0. The van der Waals surface area contributed by atoms with Gasteiger partial charge in [0.15, 0.2) is 0 Å². The lowest BCUT2D eigenvalue weighted by Crippen LogP contribution is -2.57. The predicted molar refractivity (Wildman–Crippen MR) is 93.1 cm³/mol. The molecule has 8 nitrogen and oxygen atoms in total. The van der Waals surface area contributed by atoms with E-state index in [1.807, 2.05) is 0 Å². The van der Waals surface area contributed by atoms with Gasteiger partial charge in [0.1, 0.15) is 0 Å². The summed E-state index contributed by atoms with van der Waals surface area (Å²) in [5.74, 6) is 0.0937. The Bertz CT molecular complexity index is 866. The van der Waals surface area contributed by atoms with Crippen molar-refractivity contribution in [1.29, 1.82) is 0 Å². The molecule has 146 valence electrons. The number of nitro benzene ring substituents is 1. The highest BCUT2D eigenvalue weighted by molar-refractivity contribution is 7.86. The SMILES string of the molecule is COC(=O)[C@@H]1[C@H]2C[C@@H]3C[C@@H](C2)[C@@H](OS(=O)(=O)c2ccc([N+](=O)[O-])cc2)[C@@H]1C3. The highest BCUT2D eigenvalue weighted by atomic mass is 32.2. The summed E-state index contributed by atoms with van der Waals surface area (Å²) >= 11 is 0. The Morgan fingerprint density at radius 3 is 2.41 bits per heavy atom. The summed E-state index contributed by atoms with van der Waals surface area (Å²) in [5.41, 5.74) is -0.186. The van der Waals surface area contributed by atoms with E-state index < -0.39 is 21.1 Å². The van der Waals surface area contributed by atoms with Crippen LogP contribution in [0.3, 0.4) is 0 Å². The van der Waals surface area contributed by atoms with Crippen molar-refractivity contribution in [2.75, 3.05) is 7.11 Å². The predicted octanol–water partition coefficient (Wildman–Crippen LogP) is 2.52. The second-order valence-corrected chi connectivity index (χ2v) is 9.38. The molecule has 0 heterocycles. The standard InChI is InChI=1S/C18H21NO7S/c1-25-18(20)16-11-6-10-7-12(9-11)17(15(16)8-10)26-27(23,24)14-4-2-13(3-5-14)19(21)22/h2-5,10-12,15-17H,6-9H2,1H3/t10-,11+,12+,15-,16-,17-/m1/s1. The maximum atomic E-state index is 12.7. The number of ether oxygens (including phenoxy) is 1. The van der Waals surface area contributed by atoms with Gasteiger partial charge in [0.2, 0.25) is 0 Å². The topological polar surface area (TPSA) is 113 Å². The fraction of sp³-hybridized carbons (Fsp3) is 0.611. The molecule has 27 heavy (non-hydrogen) atoms. The van der Waals surface area contributed by atoms with Crippen LogP contribution in [0.15, 0.2) is 29.2 Å². The van der Waals surface area contributed by atoms with E-state index in [-0.39, 0.29) is 40.2 Å². The van der Waals surface area contributed by atoms with Crippen LogP contribution in [0.1, 0.15) is 25.7 Å². The Morgan fingerprint density at radius 1 is 1.11 bits per heavy atom. The third-order valence-electron chi connectivity index (χ3n) is 6.39. The zero-order valence-electron chi connectivity index (χ0n) is 14.8. The molecule has 4 aliphatic rings. The van der Waals surface area contributed by atoms with Gasteiger partial charge in [-0.2, -0.15) is 8.42 Å². The van der Waals surface area contributed by atoms with Crippen molar-refractivity contribution in [2.24, 2.45) is 29.6 Å². The molecule has 4 aliphatic carbocycles. The number of hydrogen-bond acceptors (Lipinski definition) is 7. The molecular weight excluding hydrogens is 374 g/mol. The molecule has 0 radical (unpaired) electrons. The minimum atomic E-state index is -4.08. The molecule has 4 bridgehead atoms. The number of nitrogens with zero attached hydrogens (tertiary/aromatic N) is 1. The summed E-state index contributed by atoms with van der Waals surface area (Å²) in [7, 11) is -2.72. The molecule has 0 saturated heterocycles. The van der Waals surface area contributed by atoms with E-state index >= 15 is 0 Å². The molecule has 6 atom stereocenters. The van der Waals surface area contributed by atoms with Crippen molar-refractivity contribution in [3.05, 3.63) is 34.4 Å². The van der Waals surface area contributed by atoms with Crippen LogP contribution < -0.4 is 0 Å². The smallest absolute Gasteiger partial charge is 0.309 e. The van der Waals surface area contributed by atoms with Crippen LogP contribution in [-0.4, -0.2) is 32.5 Å². The van der Waals surface area contributed by atoms with Crippen LogP contribution in [0.2, 0.25) is 0 Å². The number of methoxy groups -OCH3 is 1. The molecule has 0 aliphatic heterocycles. The van der Waals surface area contributed by atoms with E-state index in [1.54, 1.807) is 0 Å². The minimum absolute atomic E-state index is 0.112. The molecule has 0 unspecified atom stereocenters. The Hall–Kier alpha value is -2.00. The van der Waals surface area contributed by atoms with Gasteiger partial charge in [-0.15, -0.1) is 0 Å². The Balaban J connectivity index is 1.59.